The molecule has 8 nitrogen and oxygen atoms in total. The van der Waals surface area contributed by atoms with Gasteiger partial charge in [-0.3, -0.25) is 14.5 Å². The molecule has 0 spiro atoms. The fourth-order valence-electron chi connectivity index (χ4n) is 5.21. The fourth-order valence-corrected chi connectivity index (χ4v) is 5.21. The van der Waals surface area contributed by atoms with E-state index >= 15 is 0 Å². The van der Waals surface area contributed by atoms with Crippen LogP contribution >= 0.6 is 0 Å². The van der Waals surface area contributed by atoms with Gasteiger partial charge in [-0.05, 0) is 29.7 Å². The third kappa shape index (κ3) is 3.62. The summed E-state index contributed by atoms with van der Waals surface area (Å²) in [6.45, 7) is 7.52. The van der Waals surface area contributed by atoms with Crippen molar-refractivity contribution < 1.29 is 9.53 Å². The second-order valence-corrected chi connectivity index (χ2v) is 9.07. The molecule has 0 unspecified atom stereocenters. The molecular weight excluding hydrogens is 416 g/mol. The van der Waals surface area contributed by atoms with Gasteiger partial charge in [0.15, 0.2) is 5.82 Å². The van der Waals surface area contributed by atoms with E-state index in [9.17, 15) is 4.79 Å². The third-order valence-corrected chi connectivity index (χ3v) is 7.17. The Morgan fingerprint density at radius 2 is 2.18 bits per heavy atom. The largest absolute Gasteiger partial charge is 0.404 e. The van der Waals surface area contributed by atoms with Gasteiger partial charge in [-0.2, -0.15) is 5.10 Å². The molecule has 0 aliphatic carbocycles. The summed E-state index contributed by atoms with van der Waals surface area (Å²) in [6.07, 6.45) is 5.27. The van der Waals surface area contributed by atoms with Crippen molar-refractivity contribution in [2.24, 2.45) is 10.7 Å². The molecule has 0 radical (unpaired) electrons. The van der Waals surface area contributed by atoms with E-state index in [0.29, 0.717) is 25.7 Å². The smallest absolute Gasteiger partial charge is 0.219 e. The van der Waals surface area contributed by atoms with Crippen LogP contribution in [0.3, 0.4) is 0 Å². The van der Waals surface area contributed by atoms with E-state index in [-0.39, 0.29) is 11.9 Å². The van der Waals surface area contributed by atoms with E-state index in [1.54, 1.807) is 26.4 Å². The van der Waals surface area contributed by atoms with Crippen LogP contribution in [0.25, 0.3) is 5.57 Å². The molecule has 2 N–H and O–H groups in total. The molecule has 3 aliphatic heterocycles. The number of amides is 1. The predicted octanol–water partition coefficient (Wildman–Crippen LogP) is 3.00. The number of allylic oxidation sites excluding steroid dienone is 1. The fraction of sp³-hybridized carbons (Fsp3) is 0.480. The van der Waals surface area contributed by atoms with Crippen LogP contribution in [0.5, 0.6) is 0 Å². The predicted molar refractivity (Wildman–Crippen MR) is 130 cm³/mol. The second-order valence-electron chi connectivity index (χ2n) is 9.07. The van der Waals surface area contributed by atoms with Crippen molar-refractivity contribution in [2.75, 3.05) is 38.3 Å². The summed E-state index contributed by atoms with van der Waals surface area (Å²) in [5.41, 5.74) is 12.8. The van der Waals surface area contributed by atoms with Gasteiger partial charge >= 0.3 is 0 Å². The molecule has 3 aliphatic rings. The lowest BCUT2D eigenvalue weighted by Crippen LogP contribution is -2.37. The van der Waals surface area contributed by atoms with E-state index < -0.39 is 0 Å². The topological polar surface area (TPSA) is 89.0 Å². The summed E-state index contributed by atoms with van der Waals surface area (Å²) in [5, 5.41) is 5.13. The maximum atomic E-state index is 12.2. The van der Waals surface area contributed by atoms with Crippen LogP contribution in [0.4, 0.5) is 11.5 Å². The number of hydrogen-bond acceptors (Lipinski definition) is 6. The Kier molecular flexibility index (Phi) is 5.70. The van der Waals surface area contributed by atoms with Crippen molar-refractivity contribution in [1.29, 1.82) is 0 Å². The zero-order valence-electron chi connectivity index (χ0n) is 19.6. The number of carbonyl (C=O) groups is 1. The Balaban J connectivity index is 1.58. The lowest BCUT2D eigenvalue weighted by atomic mass is 9.95. The minimum absolute atomic E-state index is 0.114. The number of rotatable bonds is 5. The van der Waals surface area contributed by atoms with E-state index in [0.717, 1.165) is 42.9 Å². The van der Waals surface area contributed by atoms with Crippen molar-refractivity contribution in [3.05, 3.63) is 46.8 Å². The van der Waals surface area contributed by atoms with Crippen molar-refractivity contribution in [3.63, 3.8) is 0 Å². The summed E-state index contributed by atoms with van der Waals surface area (Å²) in [6, 6.07) is 6.81. The van der Waals surface area contributed by atoms with Gasteiger partial charge in [-0.25, -0.2) is 0 Å². The zero-order valence-corrected chi connectivity index (χ0v) is 19.6. The Morgan fingerprint density at radius 1 is 1.36 bits per heavy atom. The number of benzene rings is 1. The maximum absolute atomic E-state index is 12.2. The average molecular weight is 449 g/mol. The second kappa shape index (κ2) is 8.67. The molecule has 33 heavy (non-hydrogen) atoms. The number of aliphatic imine (C=N–C) groups is 1. The first-order valence-corrected chi connectivity index (χ1v) is 11.7. The van der Waals surface area contributed by atoms with Gasteiger partial charge in [-0.15, -0.1) is 0 Å². The Labute approximate surface area is 194 Å². The van der Waals surface area contributed by atoms with Gasteiger partial charge in [0.2, 0.25) is 5.91 Å². The first-order valence-electron chi connectivity index (χ1n) is 11.7. The van der Waals surface area contributed by atoms with Crippen molar-refractivity contribution in [2.45, 2.75) is 45.2 Å². The average Bonchev–Trinajstić information content (AvgIpc) is 3.33. The summed E-state index contributed by atoms with van der Waals surface area (Å²) < 4.78 is 7.64. The first kappa shape index (κ1) is 21.7. The van der Waals surface area contributed by atoms with Crippen LogP contribution < -0.4 is 10.6 Å². The zero-order chi connectivity index (χ0) is 23.1. The van der Waals surface area contributed by atoms with Crippen LogP contribution in [-0.2, 0) is 22.5 Å². The molecule has 1 amide bonds. The Hall–Kier alpha value is -3.13. The molecule has 5 rings (SSSR count). The highest BCUT2D eigenvalue weighted by molar-refractivity contribution is 6.09. The summed E-state index contributed by atoms with van der Waals surface area (Å²) in [4.78, 5) is 20.6. The molecule has 1 aromatic carbocycles. The van der Waals surface area contributed by atoms with E-state index in [2.05, 4.69) is 39.7 Å². The summed E-state index contributed by atoms with van der Waals surface area (Å²) >= 11 is 0. The van der Waals surface area contributed by atoms with Gasteiger partial charge in [0.1, 0.15) is 0 Å². The van der Waals surface area contributed by atoms with Crippen LogP contribution in [-0.4, -0.2) is 60.2 Å². The minimum Gasteiger partial charge on any atom is -0.404 e. The number of hydrogen-bond donors (Lipinski definition) is 1. The number of fused-ring (bicyclic) bond motifs is 2. The van der Waals surface area contributed by atoms with Gasteiger partial charge in [0, 0.05) is 74.3 Å². The van der Waals surface area contributed by atoms with Gasteiger partial charge in [-0.1, -0.05) is 13.0 Å². The van der Waals surface area contributed by atoms with E-state index in [1.165, 1.54) is 22.5 Å². The quantitative estimate of drug-likeness (QED) is 0.711. The normalized spacial score (nSPS) is 20.8. The van der Waals surface area contributed by atoms with E-state index in [4.69, 9.17) is 15.6 Å². The SMILES string of the molecule is CC[C@H]1CN(c2nn(C3COC3)c3c2CN(C(C)=O)CC3)c2ccc(C(C=NC)=CN)cc21. The maximum Gasteiger partial charge on any atom is 0.219 e. The molecule has 8 heteroatoms. The highest BCUT2D eigenvalue weighted by Gasteiger charge is 2.37. The lowest BCUT2D eigenvalue weighted by Gasteiger charge is -2.31. The molecule has 1 saturated heterocycles. The van der Waals surface area contributed by atoms with Gasteiger partial charge < -0.3 is 20.3 Å². The molecule has 1 fully saturated rings. The monoisotopic (exact) mass is 448 g/mol. The number of nitrogens with zero attached hydrogens (tertiary/aromatic N) is 5. The van der Waals surface area contributed by atoms with Gasteiger partial charge in [0.25, 0.3) is 0 Å². The Bertz CT molecular complexity index is 1130. The molecule has 0 bridgehead atoms. The molecule has 174 valence electrons. The van der Waals surface area contributed by atoms with E-state index in [1.807, 2.05) is 4.90 Å². The highest BCUT2D eigenvalue weighted by atomic mass is 16.5. The Morgan fingerprint density at radius 3 is 2.82 bits per heavy atom. The molecule has 1 atom stereocenters. The minimum atomic E-state index is 0.114. The van der Waals surface area contributed by atoms with Gasteiger partial charge in [0.05, 0.1) is 25.8 Å². The summed E-state index contributed by atoms with van der Waals surface area (Å²) in [5.74, 6) is 1.50. The van der Waals surface area contributed by atoms with Crippen molar-refractivity contribution >= 4 is 29.2 Å². The molecule has 4 heterocycles. The lowest BCUT2D eigenvalue weighted by molar-refractivity contribution is -0.129. The molecule has 2 aromatic rings. The summed E-state index contributed by atoms with van der Waals surface area (Å²) in [7, 11) is 1.75. The number of carbonyl (C=O) groups excluding carboxylic acids is 1. The van der Waals surface area contributed by atoms with Crippen LogP contribution in [0.15, 0.2) is 29.4 Å². The molecular formula is C25H32N6O2. The number of aromatic nitrogens is 2. The highest BCUT2D eigenvalue weighted by Crippen LogP contribution is 2.45. The molecule has 1 aromatic heterocycles. The molecule has 0 saturated carbocycles. The first-order chi connectivity index (χ1) is 16.0. The van der Waals surface area contributed by atoms with Crippen LogP contribution in [0.2, 0.25) is 0 Å². The number of ether oxygens (including phenoxy) is 1. The van der Waals surface area contributed by atoms with Crippen LogP contribution in [0, 0.1) is 0 Å². The van der Waals surface area contributed by atoms with Crippen LogP contribution in [0.1, 0.15) is 54.6 Å². The van der Waals surface area contributed by atoms with Crippen molar-refractivity contribution in [3.8, 4) is 0 Å². The number of anilines is 2. The third-order valence-electron chi connectivity index (χ3n) is 7.17. The van der Waals surface area contributed by atoms with Crippen molar-refractivity contribution in [1.82, 2.24) is 14.7 Å². The number of nitrogens with two attached hydrogens (primary N) is 1. The standard InChI is InChI=1S/C25H32N6O2/c1-4-17-12-30(23-6-5-18(9-21(17)23)19(10-26)11-27-3)25-22-13-29(16(2)32)8-7-24(22)31(28-25)20-14-33-15-20/h5-6,9-11,17,20H,4,7-8,12-15,26H2,1-3H3/t17-/m0/s1.